The number of anilines is 2. The van der Waals surface area contributed by atoms with Crippen LogP contribution in [0.15, 0.2) is 22.7 Å². The van der Waals surface area contributed by atoms with Crippen LogP contribution in [0.1, 0.15) is 38.5 Å². The van der Waals surface area contributed by atoms with Crippen LogP contribution in [0.2, 0.25) is 0 Å². The fraction of sp³-hybridized carbons (Fsp3) is 0.556. The third kappa shape index (κ3) is 3.16. The summed E-state index contributed by atoms with van der Waals surface area (Å²) in [6, 6.07) is 6.36. The van der Waals surface area contributed by atoms with Gasteiger partial charge in [-0.05, 0) is 56.7 Å². The van der Waals surface area contributed by atoms with Crippen LogP contribution in [0.4, 0.5) is 11.8 Å². The van der Waals surface area contributed by atoms with Gasteiger partial charge in [-0.1, -0.05) is 15.9 Å². The monoisotopic (exact) mass is 374 g/mol. The summed E-state index contributed by atoms with van der Waals surface area (Å²) in [7, 11) is 0. The summed E-state index contributed by atoms with van der Waals surface area (Å²) < 4.78 is 1.09. The first-order valence-corrected chi connectivity index (χ1v) is 9.58. The third-order valence-corrected chi connectivity index (χ3v) is 5.41. The van der Waals surface area contributed by atoms with E-state index >= 15 is 0 Å². The zero-order valence-electron chi connectivity index (χ0n) is 13.5. The standard InChI is InChI=1S/C18H23BrN4/c19-14-7-8-16-15(13-14)17(22-9-3-1-4-10-22)21-18(20-16)23-11-5-2-6-12-23/h7-8,13H,1-6,9-12H2. The predicted octanol–water partition coefficient (Wildman–Crippen LogP) is 4.37. The van der Waals surface area contributed by atoms with E-state index in [0.29, 0.717) is 0 Å². The molecule has 0 spiro atoms. The molecule has 1 aromatic carbocycles. The minimum Gasteiger partial charge on any atom is -0.356 e. The Balaban J connectivity index is 1.80. The Morgan fingerprint density at radius 3 is 2.13 bits per heavy atom. The summed E-state index contributed by atoms with van der Waals surface area (Å²) in [4.78, 5) is 14.7. The second-order valence-electron chi connectivity index (χ2n) is 6.60. The van der Waals surface area contributed by atoms with E-state index in [1.54, 1.807) is 0 Å². The molecule has 0 aliphatic carbocycles. The van der Waals surface area contributed by atoms with Crippen molar-refractivity contribution in [2.75, 3.05) is 36.0 Å². The summed E-state index contributed by atoms with van der Waals surface area (Å²) in [5, 5.41) is 1.17. The molecule has 5 heteroatoms. The number of fused-ring (bicyclic) bond motifs is 1. The van der Waals surface area contributed by atoms with Crippen LogP contribution in [0.25, 0.3) is 10.9 Å². The molecule has 0 unspecified atom stereocenters. The maximum Gasteiger partial charge on any atom is 0.227 e. The molecule has 3 heterocycles. The lowest BCUT2D eigenvalue weighted by Gasteiger charge is -2.31. The normalized spacial score (nSPS) is 19.3. The van der Waals surface area contributed by atoms with Crippen LogP contribution >= 0.6 is 15.9 Å². The quantitative estimate of drug-likeness (QED) is 0.780. The van der Waals surface area contributed by atoms with Crippen molar-refractivity contribution >= 4 is 38.6 Å². The Kier molecular flexibility index (Phi) is 4.38. The summed E-state index contributed by atoms with van der Waals surface area (Å²) in [5.74, 6) is 2.04. The Bertz CT molecular complexity index is 691. The molecular formula is C18H23BrN4. The van der Waals surface area contributed by atoms with E-state index in [-0.39, 0.29) is 0 Å². The van der Waals surface area contributed by atoms with Gasteiger partial charge in [0.1, 0.15) is 5.82 Å². The van der Waals surface area contributed by atoms with E-state index in [1.807, 2.05) is 0 Å². The van der Waals surface area contributed by atoms with Gasteiger partial charge in [0.15, 0.2) is 0 Å². The zero-order chi connectivity index (χ0) is 15.6. The van der Waals surface area contributed by atoms with Crippen LogP contribution in [0, 0.1) is 0 Å². The smallest absolute Gasteiger partial charge is 0.227 e. The molecule has 0 bridgehead atoms. The van der Waals surface area contributed by atoms with Gasteiger partial charge >= 0.3 is 0 Å². The molecule has 0 radical (unpaired) electrons. The minimum absolute atomic E-state index is 0.917. The van der Waals surface area contributed by atoms with E-state index in [2.05, 4.69) is 43.9 Å². The summed E-state index contributed by atoms with van der Waals surface area (Å²) in [6.45, 7) is 4.39. The van der Waals surface area contributed by atoms with Gasteiger partial charge < -0.3 is 9.80 Å². The Labute approximate surface area is 146 Å². The van der Waals surface area contributed by atoms with E-state index < -0.39 is 0 Å². The minimum atomic E-state index is 0.917. The molecule has 4 nitrogen and oxygen atoms in total. The van der Waals surface area contributed by atoms with Crippen molar-refractivity contribution < 1.29 is 0 Å². The van der Waals surface area contributed by atoms with Gasteiger partial charge in [-0.25, -0.2) is 4.98 Å². The Morgan fingerprint density at radius 1 is 0.783 bits per heavy atom. The number of hydrogen-bond donors (Lipinski definition) is 0. The molecule has 0 atom stereocenters. The van der Waals surface area contributed by atoms with Gasteiger partial charge in [-0.15, -0.1) is 0 Å². The van der Waals surface area contributed by atoms with Gasteiger partial charge in [0.05, 0.1) is 5.52 Å². The van der Waals surface area contributed by atoms with Crippen molar-refractivity contribution in [3.63, 3.8) is 0 Å². The summed E-state index contributed by atoms with van der Waals surface area (Å²) in [5.41, 5.74) is 1.06. The highest BCUT2D eigenvalue weighted by Gasteiger charge is 2.20. The molecule has 2 saturated heterocycles. The molecule has 2 aliphatic heterocycles. The highest BCUT2D eigenvalue weighted by Crippen LogP contribution is 2.31. The lowest BCUT2D eigenvalue weighted by Crippen LogP contribution is -2.33. The van der Waals surface area contributed by atoms with E-state index in [4.69, 9.17) is 9.97 Å². The van der Waals surface area contributed by atoms with Gasteiger partial charge in [0.2, 0.25) is 5.95 Å². The zero-order valence-corrected chi connectivity index (χ0v) is 15.1. The molecule has 2 aromatic rings. The number of aromatic nitrogens is 2. The molecule has 4 rings (SSSR count). The van der Waals surface area contributed by atoms with Crippen molar-refractivity contribution in [2.45, 2.75) is 38.5 Å². The number of piperidine rings is 2. The van der Waals surface area contributed by atoms with Gasteiger partial charge in [0, 0.05) is 36.0 Å². The first-order valence-electron chi connectivity index (χ1n) is 8.78. The largest absolute Gasteiger partial charge is 0.356 e. The first-order chi connectivity index (χ1) is 11.3. The average Bonchev–Trinajstić information content (AvgIpc) is 2.62. The molecule has 0 amide bonds. The second-order valence-corrected chi connectivity index (χ2v) is 7.52. The van der Waals surface area contributed by atoms with Crippen LogP contribution in [0.3, 0.4) is 0 Å². The van der Waals surface area contributed by atoms with Crippen molar-refractivity contribution in [1.82, 2.24) is 9.97 Å². The van der Waals surface area contributed by atoms with Gasteiger partial charge in [-0.3, -0.25) is 0 Å². The highest BCUT2D eigenvalue weighted by molar-refractivity contribution is 9.10. The van der Waals surface area contributed by atoms with Crippen LogP contribution in [-0.2, 0) is 0 Å². The second kappa shape index (κ2) is 6.63. The van der Waals surface area contributed by atoms with Gasteiger partial charge in [-0.2, -0.15) is 4.98 Å². The molecule has 2 fully saturated rings. The first kappa shape index (κ1) is 15.2. The maximum absolute atomic E-state index is 5.01. The van der Waals surface area contributed by atoms with E-state index in [9.17, 15) is 0 Å². The predicted molar refractivity (Wildman–Crippen MR) is 99.4 cm³/mol. The lowest BCUT2D eigenvalue weighted by atomic mass is 10.1. The Morgan fingerprint density at radius 2 is 1.43 bits per heavy atom. The topological polar surface area (TPSA) is 32.3 Å². The molecule has 23 heavy (non-hydrogen) atoms. The third-order valence-electron chi connectivity index (χ3n) is 4.92. The molecule has 0 saturated carbocycles. The molecule has 1 aromatic heterocycles. The number of halogens is 1. The maximum atomic E-state index is 5.01. The molecule has 2 aliphatic rings. The van der Waals surface area contributed by atoms with E-state index in [0.717, 1.165) is 47.9 Å². The van der Waals surface area contributed by atoms with Gasteiger partial charge in [0.25, 0.3) is 0 Å². The average molecular weight is 375 g/mol. The Hall–Kier alpha value is -1.36. The fourth-order valence-electron chi connectivity index (χ4n) is 3.65. The number of benzene rings is 1. The highest BCUT2D eigenvalue weighted by atomic mass is 79.9. The van der Waals surface area contributed by atoms with Crippen molar-refractivity contribution in [1.29, 1.82) is 0 Å². The number of rotatable bonds is 2. The molecular weight excluding hydrogens is 352 g/mol. The number of hydrogen-bond acceptors (Lipinski definition) is 4. The number of nitrogens with zero attached hydrogens (tertiary/aromatic N) is 4. The molecule has 0 N–H and O–H groups in total. The van der Waals surface area contributed by atoms with Crippen molar-refractivity contribution in [3.8, 4) is 0 Å². The SMILES string of the molecule is Brc1ccc2nc(N3CCCCC3)nc(N3CCCCC3)c2c1. The van der Waals surface area contributed by atoms with Crippen molar-refractivity contribution in [2.24, 2.45) is 0 Å². The van der Waals surface area contributed by atoms with Crippen LogP contribution in [0.5, 0.6) is 0 Å². The van der Waals surface area contributed by atoms with Crippen LogP contribution < -0.4 is 9.80 Å². The fourth-order valence-corrected chi connectivity index (χ4v) is 4.02. The lowest BCUT2D eigenvalue weighted by molar-refractivity contribution is 0.562. The van der Waals surface area contributed by atoms with E-state index in [1.165, 1.54) is 43.9 Å². The molecule has 122 valence electrons. The van der Waals surface area contributed by atoms with Crippen LogP contribution in [-0.4, -0.2) is 36.1 Å². The summed E-state index contributed by atoms with van der Waals surface area (Å²) in [6.07, 6.45) is 7.69. The summed E-state index contributed by atoms with van der Waals surface area (Å²) >= 11 is 3.60. The van der Waals surface area contributed by atoms with Crippen molar-refractivity contribution in [3.05, 3.63) is 22.7 Å².